The Labute approximate surface area is 125 Å². The third-order valence-electron chi connectivity index (χ3n) is 3.07. The Morgan fingerprint density at radius 1 is 1.05 bits per heavy atom. The zero-order valence-corrected chi connectivity index (χ0v) is 12.9. The minimum atomic E-state index is -3.66. The van der Waals surface area contributed by atoms with Crippen molar-refractivity contribution < 1.29 is 8.42 Å². The van der Waals surface area contributed by atoms with Gasteiger partial charge in [0.05, 0.1) is 4.90 Å². The molecule has 2 aromatic carbocycles. The first kappa shape index (κ1) is 15.3. The molecule has 0 amide bonds. The Bertz CT molecular complexity index is 708. The van der Waals surface area contributed by atoms with Crippen LogP contribution >= 0.6 is 0 Å². The van der Waals surface area contributed by atoms with Gasteiger partial charge in [-0.1, -0.05) is 35.9 Å². The molecule has 0 aliphatic carbocycles. The van der Waals surface area contributed by atoms with Gasteiger partial charge in [0.25, 0.3) is 10.0 Å². The van der Waals surface area contributed by atoms with Gasteiger partial charge >= 0.3 is 0 Å². The maximum absolute atomic E-state index is 12.2. The second-order valence-corrected chi connectivity index (χ2v) is 6.26. The van der Waals surface area contributed by atoms with Crippen LogP contribution in [0.4, 0.5) is 5.69 Å². The lowest BCUT2D eigenvalue weighted by Crippen LogP contribution is -2.21. The van der Waals surface area contributed by atoms with Crippen LogP contribution < -0.4 is 4.90 Å². The number of hydrogen-bond acceptors (Lipinski definition) is 2. The average molecular weight is 302 g/mol. The predicted molar refractivity (Wildman–Crippen MR) is 86.3 cm³/mol. The van der Waals surface area contributed by atoms with Crippen LogP contribution in [0.2, 0.25) is 0 Å². The molecule has 0 bridgehead atoms. The van der Waals surface area contributed by atoms with Crippen molar-refractivity contribution in [1.82, 2.24) is 0 Å². The molecule has 0 aliphatic rings. The molecule has 0 N–H and O–H groups in total. The fourth-order valence-electron chi connectivity index (χ4n) is 1.84. The van der Waals surface area contributed by atoms with Crippen LogP contribution in [-0.2, 0) is 10.0 Å². The monoisotopic (exact) mass is 302 g/mol. The summed E-state index contributed by atoms with van der Waals surface area (Å²) < 4.78 is 28.1. The fraction of sp³-hybridized carbons (Fsp3) is 0.188. The van der Waals surface area contributed by atoms with Crippen LogP contribution in [0.15, 0.2) is 63.9 Å². The first-order valence-electron chi connectivity index (χ1n) is 6.72. The molecular formula is C16H18N2O2S. The van der Waals surface area contributed by atoms with E-state index in [-0.39, 0.29) is 4.90 Å². The van der Waals surface area contributed by atoms with Crippen LogP contribution in [0.1, 0.15) is 12.5 Å². The van der Waals surface area contributed by atoms with Crippen LogP contribution in [0.5, 0.6) is 0 Å². The highest BCUT2D eigenvalue weighted by Crippen LogP contribution is 2.15. The summed E-state index contributed by atoms with van der Waals surface area (Å²) in [6.45, 7) is 4.49. The molecule has 0 aliphatic heterocycles. The Hall–Kier alpha value is -2.14. The Balaban J connectivity index is 2.24. The van der Waals surface area contributed by atoms with Crippen LogP contribution in [0.25, 0.3) is 0 Å². The maximum Gasteiger partial charge on any atom is 0.283 e. The van der Waals surface area contributed by atoms with Crippen LogP contribution in [-0.4, -0.2) is 21.3 Å². The van der Waals surface area contributed by atoms with Gasteiger partial charge in [-0.2, -0.15) is 8.42 Å². The van der Waals surface area contributed by atoms with E-state index in [0.717, 1.165) is 11.3 Å². The first-order chi connectivity index (χ1) is 10.0. The molecule has 5 heteroatoms. The summed E-state index contributed by atoms with van der Waals surface area (Å²) in [6.07, 6.45) is 1.37. The zero-order chi connectivity index (χ0) is 15.3. The lowest BCUT2D eigenvalue weighted by Gasteiger charge is -2.16. The lowest BCUT2D eigenvalue weighted by atomic mass is 10.2. The van der Waals surface area contributed by atoms with Crippen molar-refractivity contribution in [1.29, 1.82) is 0 Å². The third kappa shape index (κ3) is 3.92. The van der Waals surface area contributed by atoms with Gasteiger partial charge < -0.3 is 4.90 Å². The fourth-order valence-corrected chi connectivity index (χ4v) is 2.68. The number of rotatable bonds is 5. The van der Waals surface area contributed by atoms with Gasteiger partial charge in [-0.25, -0.2) is 0 Å². The summed E-state index contributed by atoms with van der Waals surface area (Å²) >= 11 is 0. The van der Waals surface area contributed by atoms with Gasteiger partial charge in [0.2, 0.25) is 0 Å². The number of para-hydroxylation sites is 1. The van der Waals surface area contributed by atoms with E-state index in [1.807, 2.05) is 44.2 Å². The SMILES string of the molecule is CCN(C=NS(=O)(=O)c1ccc(C)cc1)c1ccccc1. The van der Waals surface area contributed by atoms with Crippen molar-refractivity contribution in [2.75, 3.05) is 11.4 Å². The Morgan fingerprint density at radius 3 is 2.24 bits per heavy atom. The standard InChI is InChI=1S/C16H18N2O2S/c1-3-18(15-7-5-4-6-8-15)13-17-21(19,20)16-11-9-14(2)10-12-16/h4-13H,3H2,1-2H3. The number of benzene rings is 2. The lowest BCUT2D eigenvalue weighted by molar-refractivity contribution is 0.598. The van der Waals surface area contributed by atoms with E-state index in [9.17, 15) is 8.42 Å². The quantitative estimate of drug-likeness (QED) is 0.629. The van der Waals surface area contributed by atoms with Crippen molar-refractivity contribution in [3.05, 3.63) is 60.2 Å². The van der Waals surface area contributed by atoms with Crippen molar-refractivity contribution >= 4 is 22.0 Å². The van der Waals surface area contributed by atoms with Crippen molar-refractivity contribution in [3.63, 3.8) is 0 Å². The van der Waals surface area contributed by atoms with E-state index in [2.05, 4.69) is 4.40 Å². The highest BCUT2D eigenvalue weighted by Gasteiger charge is 2.12. The van der Waals surface area contributed by atoms with Crippen molar-refractivity contribution in [2.24, 2.45) is 4.40 Å². The second-order valence-electron chi connectivity index (χ2n) is 4.63. The molecule has 0 spiro atoms. The molecule has 0 aromatic heterocycles. The summed E-state index contributed by atoms with van der Waals surface area (Å²) in [5.41, 5.74) is 1.92. The van der Waals surface area contributed by atoms with E-state index in [0.29, 0.717) is 6.54 Å². The Kier molecular flexibility index (Phi) is 4.75. The van der Waals surface area contributed by atoms with E-state index in [1.54, 1.807) is 29.2 Å². The zero-order valence-electron chi connectivity index (χ0n) is 12.1. The molecule has 0 fully saturated rings. The number of anilines is 1. The second kappa shape index (κ2) is 6.54. The van der Waals surface area contributed by atoms with Gasteiger partial charge in [0, 0.05) is 12.2 Å². The van der Waals surface area contributed by atoms with Crippen molar-refractivity contribution in [3.8, 4) is 0 Å². The van der Waals surface area contributed by atoms with Gasteiger partial charge in [0.15, 0.2) is 0 Å². The average Bonchev–Trinajstić information content (AvgIpc) is 2.49. The van der Waals surface area contributed by atoms with Gasteiger partial charge in [0.1, 0.15) is 6.34 Å². The summed E-state index contributed by atoms with van der Waals surface area (Å²) in [5, 5.41) is 0. The minimum Gasteiger partial charge on any atom is -0.332 e. The summed E-state index contributed by atoms with van der Waals surface area (Å²) in [6, 6.07) is 16.2. The van der Waals surface area contributed by atoms with E-state index in [4.69, 9.17) is 0 Å². The van der Waals surface area contributed by atoms with Gasteiger partial charge in [-0.15, -0.1) is 4.40 Å². The van der Waals surface area contributed by atoms with E-state index in [1.165, 1.54) is 6.34 Å². The van der Waals surface area contributed by atoms with Crippen LogP contribution in [0, 0.1) is 6.92 Å². The third-order valence-corrected chi connectivity index (χ3v) is 4.31. The molecule has 0 atom stereocenters. The highest BCUT2D eigenvalue weighted by molar-refractivity contribution is 7.90. The predicted octanol–water partition coefficient (Wildman–Crippen LogP) is 3.24. The molecule has 4 nitrogen and oxygen atoms in total. The molecule has 0 heterocycles. The highest BCUT2D eigenvalue weighted by atomic mass is 32.2. The van der Waals surface area contributed by atoms with E-state index < -0.39 is 10.0 Å². The topological polar surface area (TPSA) is 49.7 Å². The number of hydrogen-bond donors (Lipinski definition) is 0. The van der Waals surface area contributed by atoms with Gasteiger partial charge in [-0.3, -0.25) is 0 Å². The largest absolute Gasteiger partial charge is 0.332 e. The molecule has 0 unspecified atom stereocenters. The molecule has 0 radical (unpaired) electrons. The number of aryl methyl sites for hydroxylation is 1. The molecular weight excluding hydrogens is 284 g/mol. The van der Waals surface area contributed by atoms with Crippen molar-refractivity contribution in [2.45, 2.75) is 18.7 Å². The number of nitrogens with zero attached hydrogens (tertiary/aromatic N) is 2. The van der Waals surface area contributed by atoms with E-state index >= 15 is 0 Å². The van der Waals surface area contributed by atoms with Gasteiger partial charge in [-0.05, 0) is 38.1 Å². The molecule has 2 aromatic rings. The molecule has 2 rings (SSSR count). The maximum atomic E-state index is 12.2. The smallest absolute Gasteiger partial charge is 0.283 e. The Morgan fingerprint density at radius 2 is 1.67 bits per heavy atom. The molecule has 110 valence electrons. The molecule has 21 heavy (non-hydrogen) atoms. The summed E-state index contributed by atoms with van der Waals surface area (Å²) in [7, 11) is -3.66. The normalized spacial score (nSPS) is 11.7. The molecule has 0 saturated carbocycles. The summed E-state index contributed by atoms with van der Waals surface area (Å²) in [5.74, 6) is 0. The molecule has 0 saturated heterocycles. The minimum absolute atomic E-state index is 0.202. The first-order valence-corrected chi connectivity index (χ1v) is 8.16. The number of sulfonamides is 1. The van der Waals surface area contributed by atoms with Crippen LogP contribution in [0.3, 0.4) is 0 Å². The summed E-state index contributed by atoms with van der Waals surface area (Å²) in [4.78, 5) is 1.99.